The Balaban J connectivity index is 2.16. The van der Waals surface area contributed by atoms with Crippen molar-refractivity contribution in [3.05, 3.63) is 0 Å². The molecule has 0 spiro atoms. The molecule has 1 N–H and O–H groups in total. The summed E-state index contributed by atoms with van der Waals surface area (Å²) in [5.41, 5.74) is -1.14. The van der Waals surface area contributed by atoms with Crippen LogP contribution in [0.1, 0.15) is 51.9 Å². The van der Waals surface area contributed by atoms with E-state index in [2.05, 4.69) is 0 Å². The first-order chi connectivity index (χ1) is 11.2. The molecule has 0 bridgehead atoms. The molecule has 24 heavy (non-hydrogen) atoms. The van der Waals surface area contributed by atoms with Crippen LogP contribution in [-0.4, -0.2) is 66.0 Å². The van der Waals surface area contributed by atoms with Crippen molar-refractivity contribution in [2.45, 2.75) is 57.4 Å². The van der Waals surface area contributed by atoms with Gasteiger partial charge in [-0.3, -0.25) is 4.79 Å². The minimum atomic E-state index is -3.32. The van der Waals surface area contributed by atoms with Crippen molar-refractivity contribution in [1.29, 1.82) is 0 Å². The molecule has 1 saturated heterocycles. The molecule has 1 saturated carbocycles. The Hall–Kier alpha value is -1.15. The van der Waals surface area contributed by atoms with Crippen LogP contribution in [-0.2, 0) is 19.6 Å². The molecule has 1 unspecified atom stereocenters. The van der Waals surface area contributed by atoms with Crippen molar-refractivity contribution < 1.29 is 23.1 Å². The highest BCUT2D eigenvalue weighted by molar-refractivity contribution is 7.89. The fourth-order valence-corrected chi connectivity index (χ4v) is 5.07. The number of piperidine rings is 1. The normalized spacial score (nSPS) is 25.2. The number of rotatable bonds is 5. The SMILES string of the molecule is CCS(=O)(=O)N1CCCC(C(=O)N(C)C2(C(=O)O)CCCCC2)C1. The highest BCUT2D eigenvalue weighted by Gasteiger charge is 2.47. The van der Waals surface area contributed by atoms with Gasteiger partial charge in [0.1, 0.15) is 5.54 Å². The molecule has 138 valence electrons. The van der Waals surface area contributed by atoms with Gasteiger partial charge in [-0.25, -0.2) is 17.5 Å². The summed E-state index contributed by atoms with van der Waals surface area (Å²) in [7, 11) is -1.76. The molecular weight excluding hydrogens is 332 g/mol. The highest BCUT2D eigenvalue weighted by atomic mass is 32.2. The number of carbonyl (C=O) groups is 2. The minimum absolute atomic E-state index is 0.0167. The van der Waals surface area contributed by atoms with Crippen LogP contribution in [0, 0.1) is 5.92 Å². The first kappa shape index (κ1) is 19.2. The van der Waals surface area contributed by atoms with Gasteiger partial charge in [-0.05, 0) is 32.6 Å². The Kier molecular flexibility index (Phi) is 5.91. The Morgan fingerprint density at radius 1 is 1.21 bits per heavy atom. The van der Waals surface area contributed by atoms with Gasteiger partial charge in [-0.1, -0.05) is 19.3 Å². The molecule has 1 aliphatic heterocycles. The van der Waals surface area contributed by atoms with E-state index in [0.717, 1.165) is 19.3 Å². The molecule has 8 heteroatoms. The third-order valence-corrected chi connectivity index (χ3v) is 7.39. The maximum Gasteiger partial charge on any atom is 0.329 e. The van der Waals surface area contributed by atoms with Crippen molar-refractivity contribution in [1.82, 2.24) is 9.21 Å². The number of hydrogen-bond donors (Lipinski definition) is 1. The van der Waals surface area contributed by atoms with Crippen molar-refractivity contribution in [3.8, 4) is 0 Å². The Labute approximate surface area is 144 Å². The van der Waals surface area contributed by atoms with Crippen LogP contribution in [0.25, 0.3) is 0 Å². The molecule has 1 heterocycles. The van der Waals surface area contributed by atoms with Gasteiger partial charge in [0.05, 0.1) is 11.7 Å². The molecule has 1 amide bonds. The zero-order valence-electron chi connectivity index (χ0n) is 14.5. The van der Waals surface area contributed by atoms with Gasteiger partial charge in [0.2, 0.25) is 15.9 Å². The van der Waals surface area contributed by atoms with Gasteiger partial charge in [0.25, 0.3) is 0 Å². The van der Waals surface area contributed by atoms with Crippen LogP contribution >= 0.6 is 0 Å². The number of carboxylic acids is 1. The first-order valence-electron chi connectivity index (χ1n) is 8.73. The van der Waals surface area contributed by atoms with Gasteiger partial charge in [0, 0.05) is 20.1 Å². The number of carbonyl (C=O) groups excluding carboxylic acids is 1. The maximum absolute atomic E-state index is 12.9. The second-order valence-electron chi connectivity index (χ2n) is 6.89. The van der Waals surface area contributed by atoms with Crippen molar-refractivity contribution in [3.63, 3.8) is 0 Å². The zero-order chi connectivity index (χ0) is 18.0. The second kappa shape index (κ2) is 7.39. The van der Waals surface area contributed by atoms with Crippen LogP contribution in [0.5, 0.6) is 0 Å². The van der Waals surface area contributed by atoms with E-state index in [1.807, 2.05) is 0 Å². The molecule has 2 aliphatic rings. The summed E-state index contributed by atoms with van der Waals surface area (Å²) in [5.74, 6) is -1.63. The standard InChI is InChI=1S/C16H28N2O5S/c1-3-24(22,23)18-11-7-8-13(12-18)14(19)17(2)16(15(20)21)9-5-4-6-10-16/h13H,3-12H2,1-2H3,(H,20,21). The van der Waals surface area contributed by atoms with Crippen molar-refractivity contribution >= 4 is 21.9 Å². The van der Waals surface area contributed by atoms with Gasteiger partial charge in [0.15, 0.2) is 0 Å². The monoisotopic (exact) mass is 360 g/mol. The Morgan fingerprint density at radius 3 is 2.38 bits per heavy atom. The number of hydrogen-bond acceptors (Lipinski definition) is 4. The number of amides is 1. The molecule has 0 aromatic carbocycles. The number of sulfonamides is 1. The molecule has 1 aliphatic carbocycles. The predicted octanol–water partition coefficient (Wildman–Crippen LogP) is 1.29. The second-order valence-corrected chi connectivity index (χ2v) is 9.15. The molecule has 1 atom stereocenters. The summed E-state index contributed by atoms with van der Waals surface area (Å²) in [5, 5.41) is 9.73. The van der Waals surface area contributed by atoms with E-state index in [-0.39, 0.29) is 18.2 Å². The number of aliphatic carboxylic acids is 1. The number of likely N-dealkylation sites (N-methyl/N-ethyl adjacent to an activating group) is 1. The van der Waals surface area contributed by atoms with Crippen LogP contribution in [0.3, 0.4) is 0 Å². The van der Waals surface area contributed by atoms with Crippen LogP contribution in [0.4, 0.5) is 0 Å². The highest BCUT2D eigenvalue weighted by Crippen LogP contribution is 2.35. The van der Waals surface area contributed by atoms with Gasteiger partial charge < -0.3 is 10.0 Å². The molecule has 0 aromatic rings. The summed E-state index contributed by atoms with van der Waals surface area (Å²) >= 11 is 0. The molecular formula is C16H28N2O5S. The van der Waals surface area contributed by atoms with Crippen LogP contribution in [0.2, 0.25) is 0 Å². The largest absolute Gasteiger partial charge is 0.479 e. The molecule has 0 aromatic heterocycles. The number of carboxylic acid groups (broad SMARTS) is 1. The fraction of sp³-hybridized carbons (Fsp3) is 0.875. The topological polar surface area (TPSA) is 95.0 Å². The van der Waals surface area contributed by atoms with Gasteiger partial charge in [-0.2, -0.15) is 0 Å². The lowest BCUT2D eigenvalue weighted by Crippen LogP contribution is -2.59. The minimum Gasteiger partial charge on any atom is -0.479 e. The first-order valence-corrected chi connectivity index (χ1v) is 10.3. The lowest BCUT2D eigenvalue weighted by Gasteiger charge is -2.43. The van der Waals surface area contributed by atoms with Crippen molar-refractivity contribution in [2.24, 2.45) is 5.92 Å². The third-order valence-electron chi connectivity index (χ3n) is 5.54. The quantitative estimate of drug-likeness (QED) is 0.797. The average Bonchev–Trinajstić information content (AvgIpc) is 2.61. The average molecular weight is 360 g/mol. The van der Waals surface area contributed by atoms with E-state index in [1.165, 1.54) is 9.21 Å². The van der Waals surface area contributed by atoms with E-state index >= 15 is 0 Å². The number of nitrogens with zero attached hydrogens (tertiary/aromatic N) is 2. The Bertz CT molecular complexity index is 583. The summed E-state index contributed by atoms with van der Waals surface area (Å²) in [6.45, 7) is 2.19. The third kappa shape index (κ3) is 3.59. The summed E-state index contributed by atoms with van der Waals surface area (Å²) in [6.07, 6.45) is 4.75. The van der Waals surface area contributed by atoms with Gasteiger partial charge in [-0.15, -0.1) is 0 Å². The zero-order valence-corrected chi connectivity index (χ0v) is 15.3. The Morgan fingerprint density at radius 2 is 1.83 bits per heavy atom. The van der Waals surface area contributed by atoms with E-state index in [1.54, 1.807) is 14.0 Å². The summed E-state index contributed by atoms with van der Waals surface area (Å²) in [4.78, 5) is 26.2. The summed E-state index contributed by atoms with van der Waals surface area (Å²) in [6, 6.07) is 0. The fourth-order valence-electron chi connectivity index (χ4n) is 3.89. The van der Waals surface area contributed by atoms with E-state index in [9.17, 15) is 23.1 Å². The van der Waals surface area contributed by atoms with E-state index in [0.29, 0.717) is 32.2 Å². The van der Waals surface area contributed by atoms with E-state index in [4.69, 9.17) is 0 Å². The van der Waals surface area contributed by atoms with Gasteiger partial charge >= 0.3 is 5.97 Å². The predicted molar refractivity (Wildman–Crippen MR) is 90.0 cm³/mol. The lowest BCUT2D eigenvalue weighted by molar-refractivity contribution is -0.162. The van der Waals surface area contributed by atoms with E-state index < -0.39 is 27.4 Å². The lowest BCUT2D eigenvalue weighted by atomic mass is 9.79. The molecule has 7 nitrogen and oxygen atoms in total. The maximum atomic E-state index is 12.9. The molecule has 2 rings (SSSR count). The van der Waals surface area contributed by atoms with Crippen LogP contribution < -0.4 is 0 Å². The molecule has 0 radical (unpaired) electrons. The van der Waals surface area contributed by atoms with Crippen molar-refractivity contribution in [2.75, 3.05) is 25.9 Å². The summed E-state index contributed by atoms with van der Waals surface area (Å²) < 4.78 is 25.5. The molecule has 2 fully saturated rings. The smallest absolute Gasteiger partial charge is 0.329 e. The van der Waals surface area contributed by atoms with Crippen LogP contribution in [0.15, 0.2) is 0 Å².